The van der Waals surface area contributed by atoms with Crippen LogP contribution in [0.3, 0.4) is 0 Å². The second-order valence-electron chi connectivity index (χ2n) is 9.80. The summed E-state index contributed by atoms with van der Waals surface area (Å²) in [5, 5.41) is 8.06. The maximum Gasteiger partial charge on any atom is 0.318 e. The second-order valence-corrected chi connectivity index (χ2v) is 10.8. The molecule has 1 atom stereocenters. The Morgan fingerprint density at radius 3 is 2.46 bits per heavy atom. The number of rotatable bonds is 19. The molecule has 0 bridgehead atoms. The fourth-order valence-electron chi connectivity index (χ4n) is 4.12. The van der Waals surface area contributed by atoms with Crippen molar-refractivity contribution in [2.75, 3.05) is 6.61 Å². The van der Waals surface area contributed by atoms with Gasteiger partial charge < -0.3 is 4.74 Å². The molecule has 0 amide bonds. The van der Waals surface area contributed by atoms with E-state index in [0.717, 1.165) is 28.2 Å². The van der Waals surface area contributed by atoms with E-state index in [9.17, 15) is 0 Å². The summed E-state index contributed by atoms with van der Waals surface area (Å²) in [6.45, 7) is 5.14. The number of unbranched alkanes of at least 4 members (excludes halogenated alkanes) is 7. The van der Waals surface area contributed by atoms with Crippen LogP contribution in [0.15, 0.2) is 65.9 Å². The van der Waals surface area contributed by atoms with E-state index in [1.54, 1.807) is 18.0 Å². The van der Waals surface area contributed by atoms with Crippen LogP contribution < -0.4 is 4.74 Å². The SMILES string of the molecule is CCCCCC=CCC=CCCCCCCC(C)COc1nc(SCc2ccccc2)c2[nH]ncc2n1. The molecule has 1 aromatic carbocycles. The predicted molar refractivity (Wildman–Crippen MR) is 157 cm³/mol. The van der Waals surface area contributed by atoms with Gasteiger partial charge in [-0.25, -0.2) is 0 Å². The van der Waals surface area contributed by atoms with E-state index in [-0.39, 0.29) is 0 Å². The second kappa shape index (κ2) is 17.8. The molecule has 1 unspecified atom stereocenters. The molecule has 5 nitrogen and oxygen atoms in total. The van der Waals surface area contributed by atoms with Gasteiger partial charge in [-0.1, -0.05) is 112 Å². The van der Waals surface area contributed by atoms with Crippen LogP contribution in [0, 0.1) is 5.92 Å². The lowest BCUT2D eigenvalue weighted by Gasteiger charge is -2.12. The topological polar surface area (TPSA) is 63.7 Å². The molecule has 1 N–H and O–H groups in total. The summed E-state index contributed by atoms with van der Waals surface area (Å²) in [6.07, 6.45) is 24.8. The molecule has 0 aliphatic rings. The number of nitrogens with zero attached hydrogens (tertiary/aromatic N) is 3. The highest BCUT2D eigenvalue weighted by Crippen LogP contribution is 2.28. The first-order chi connectivity index (χ1) is 18.3. The summed E-state index contributed by atoms with van der Waals surface area (Å²) >= 11 is 1.68. The Labute approximate surface area is 227 Å². The number of hydrogen-bond donors (Lipinski definition) is 1. The summed E-state index contributed by atoms with van der Waals surface area (Å²) < 4.78 is 6.02. The fourth-order valence-corrected chi connectivity index (χ4v) is 5.05. The van der Waals surface area contributed by atoms with Crippen molar-refractivity contribution in [3.8, 4) is 6.01 Å². The third-order valence-electron chi connectivity index (χ3n) is 6.36. The zero-order valence-electron chi connectivity index (χ0n) is 22.7. The number of aromatic nitrogens is 4. The predicted octanol–water partition coefficient (Wildman–Crippen LogP) is 9.08. The van der Waals surface area contributed by atoms with E-state index >= 15 is 0 Å². The van der Waals surface area contributed by atoms with E-state index in [1.807, 2.05) is 6.07 Å². The van der Waals surface area contributed by atoms with E-state index in [2.05, 4.69) is 82.6 Å². The van der Waals surface area contributed by atoms with Crippen LogP contribution in [0.25, 0.3) is 11.0 Å². The first-order valence-corrected chi connectivity index (χ1v) is 15.1. The zero-order chi connectivity index (χ0) is 26.0. The normalized spacial score (nSPS) is 12.7. The van der Waals surface area contributed by atoms with Gasteiger partial charge in [0.2, 0.25) is 0 Å². The Morgan fingerprint density at radius 1 is 0.919 bits per heavy atom. The van der Waals surface area contributed by atoms with Gasteiger partial charge in [-0.05, 0) is 50.0 Å². The first-order valence-electron chi connectivity index (χ1n) is 14.1. The van der Waals surface area contributed by atoms with E-state index < -0.39 is 0 Å². The molecule has 2 heterocycles. The molecule has 3 aromatic rings. The molecule has 0 fully saturated rings. The molecule has 2 aromatic heterocycles. The van der Waals surface area contributed by atoms with E-state index in [4.69, 9.17) is 4.74 Å². The van der Waals surface area contributed by atoms with Gasteiger partial charge in [-0.15, -0.1) is 0 Å². The van der Waals surface area contributed by atoms with Crippen molar-refractivity contribution in [3.63, 3.8) is 0 Å². The van der Waals surface area contributed by atoms with Gasteiger partial charge >= 0.3 is 6.01 Å². The highest BCUT2D eigenvalue weighted by molar-refractivity contribution is 7.98. The zero-order valence-corrected chi connectivity index (χ0v) is 23.5. The van der Waals surface area contributed by atoms with Gasteiger partial charge in [0, 0.05) is 5.75 Å². The van der Waals surface area contributed by atoms with Crippen molar-refractivity contribution in [3.05, 3.63) is 66.4 Å². The monoisotopic (exact) mass is 520 g/mol. The van der Waals surface area contributed by atoms with Gasteiger partial charge in [-0.2, -0.15) is 15.1 Å². The Morgan fingerprint density at radius 2 is 1.68 bits per heavy atom. The number of ether oxygens (including phenoxy) is 1. The van der Waals surface area contributed by atoms with Crippen LogP contribution in [0.2, 0.25) is 0 Å². The standard InChI is InChI=1S/C31H44N4OS/c1-3-4-5-6-7-8-9-10-11-12-13-14-15-17-20-26(2)24-36-31-33-28-23-32-35-29(28)30(34-31)37-25-27-21-18-16-19-22-27/h7-8,10-11,16,18-19,21-23,26H,3-6,9,12-15,17,20,24-25H2,1-2H3,(H,32,35). The van der Waals surface area contributed by atoms with Crippen molar-refractivity contribution in [1.29, 1.82) is 0 Å². The molecule has 3 rings (SSSR count). The maximum atomic E-state index is 6.02. The van der Waals surface area contributed by atoms with Crippen LogP contribution in [0.1, 0.15) is 90.0 Å². The average Bonchev–Trinajstić information content (AvgIpc) is 3.40. The van der Waals surface area contributed by atoms with Gasteiger partial charge in [0.05, 0.1) is 12.8 Å². The molecule has 0 radical (unpaired) electrons. The largest absolute Gasteiger partial charge is 0.463 e. The molecular formula is C31H44N4OS. The van der Waals surface area contributed by atoms with Crippen LogP contribution in [0.5, 0.6) is 6.01 Å². The van der Waals surface area contributed by atoms with Crippen LogP contribution >= 0.6 is 11.8 Å². The summed E-state index contributed by atoms with van der Waals surface area (Å²) in [5.41, 5.74) is 2.93. The van der Waals surface area contributed by atoms with Crippen molar-refractivity contribution in [2.45, 2.75) is 95.3 Å². The first kappa shape index (κ1) is 29.0. The molecular weight excluding hydrogens is 476 g/mol. The quantitative estimate of drug-likeness (QED) is 0.0739. The number of allylic oxidation sites excluding steroid dienone is 4. The number of aromatic amines is 1. The summed E-state index contributed by atoms with van der Waals surface area (Å²) in [6, 6.07) is 10.9. The fraction of sp³-hybridized carbons (Fsp3) is 0.516. The Bertz CT molecular complexity index is 1060. The Kier molecular flexibility index (Phi) is 13.9. The minimum atomic E-state index is 0.443. The molecule has 0 saturated carbocycles. The van der Waals surface area contributed by atoms with Crippen molar-refractivity contribution < 1.29 is 4.74 Å². The van der Waals surface area contributed by atoms with Gasteiger partial charge in [0.25, 0.3) is 0 Å². The van der Waals surface area contributed by atoms with E-state index in [1.165, 1.54) is 69.8 Å². The molecule has 6 heteroatoms. The average molecular weight is 521 g/mol. The van der Waals surface area contributed by atoms with E-state index in [0.29, 0.717) is 18.5 Å². The lowest BCUT2D eigenvalue weighted by molar-refractivity contribution is 0.231. The van der Waals surface area contributed by atoms with Crippen molar-refractivity contribution >= 4 is 22.8 Å². The molecule has 37 heavy (non-hydrogen) atoms. The highest BCUT2D eigenvalue weighted by Gasteiger charge is 2.13. The minimum Gasteiger partial charge on any atom is -0.463 e. The van der Waals surface area contributed by atoms with Crippen LogP contribution in [-0.2, 0) is 5.75 Å². The maximum absolute atomic E-state index is 6.02. The number of fused-ring (bicyclic) bond motifs is 1. The molecule has 0 aliphatic carbocycles. The third kappa shape index (κ3) is 11.5. The number of hydrogen-bond acceptors (Lipinski definition) is 5. The lowest BCUT2D eigenvalue weighted by Crippen LogP contribution is -2.10. The number of thioether (sulfide) groups is 1. The molecule has 0 spiro atoms. The Balaban J connectivity index is 1.29. The van der Waals surface area contributed by atoms with Crippen LogP contribution in [0.4, 0.5) is 0 Å². The highest BCUT2D eigenvalue weighted by atomic mass is 32.2. The van der Waals surface area contributed by atoms with Gasteiger partial charge in [0.1, 0.15) is 16.1 Å². The van der Waals surface area contributed by atoms with Gasteiger partial charge in [0.15, 0.2) is 0 Å². The number of benzene rings is 1. The summed E-state index contributed by atoms with van der Waals surface area (Å²) in [5.74, 6) is 1.32. The van der Waals surface area contributed by atoms with Crippen LogP contribution in [-0.4, -0.2) is 26.8 Å². The smallest absolute Gasteiger partial charge is 0.318 e. The summed E-state index contributed by atoms with van der Waals surface area (Å²) in [4.78, 5) is 9.23. The Hall–Kier alpha value is -2.60. The third-order valence-corrected chi connectivity index (χ3v) is 7.41. The van der Waals surface area contributed by atoms with Gasteiger partial charge in [-0.3, -0.25) is 5.10 Å². The lowest BCUT2D eigenvalue weighted by atomic mass is 10.0. The van der Waals surface area contributed by atoms with Crippen molar-refractivity contribution in [2.24, 2.45) is 5.92 Å². The number of nitrogens with one attached hydrogen (secondary N) is 1. The number of H-pyrrole nitrogens is 1. The molecule has 200 valence electrons. The minimum absolute atomic E-state index is 0.443. The summed E-state index contributed by atoms with van der Waals surface area (Å²) in [7, 11) is 0. The van der Waals surface area contributed by atoms with Crippen molar-refractivity contribution in [1.82, 2.24) is 20.2 Å². The molecule has 0 aliphatic heterocycles. The molecule has 0 saturated heterocycles.